The van der Waals surface area contributed by atoms with Crippen molar-refractivity contribution in [2.75, 3.05) is 19.7 Å². The minimum atomic E-state index is -0.108. The number of Topliss-reactive ketones (excluding diaryl/α,β-unsaturated/α-hetero) is 1. The van der Waals surface area contributed by atoms with E-state index in [1.807, 2.05) is 6.92 Å². The molecule has 0 radical (unpaired) electrons. The molecule has 0 atom stereocenters. The Kier molecular flexibility index (Phi) is 4.08. The number of hydrogen-bond acceptors (Lipinski definition) is 4. The Morgan fingerprint density at radius 3 is 2.74 bits per heavy atom. The fraction of sp³-hybridized carbons (Fsp3) is 0.429. The highest BCUT2D eigenvalue weighted by atomic mass is 35.5. The average Bonchev–Trinajstić information content (AvgIpc) is 2.30. The molecule has 0 unspecified atom stereocenters. The summed E-state index contributed by atoms with van der Waals surface area (Å²) < 4.78 is 5.63. The van der Waals surface area contributed by atoms with Crippen molar-refractivity contribution in [2.45, 2.75) is 19.8 Å². The number of nitriles is 1. The van der Waals surface area contributed by atoms with Gasteiger partial charge in [0.1, 0.15) is 11.8 Å². The van der Waals surface area contributed by atoms with Crippen molar-refractivity contribution >= 4 is 17.4 Å². The summed E-state index contributed by atoms with van der Waals surface area (Å²) in [6.45, 7) is 5.31. The maximum atomic E-state index is 11.7. The lowest BCUT2D eigenvalue weighted by atomic mass is 9.87. The largest absolute Gasteiger partial charge is 0.493 e. The lowest BCUT2D eigenvalue weighted by Crippen LogP contribution is -2.40. The Hall–Kier alpha value is -1.57. The molecule has 1 aromatic rings. The molecular weight excluding hydrogens is 264 g/mol. The van der Waals surface area contributed by atoms with E-state index in [0.29, 0.717) is 28.5 Å². The second kappa shape index (κ2) is 5.60. The van der Waals surface area contributed by atoms with Crippen LogP contribution in [-0.2, 0) is 0 Å². The van der Waals surface area contributed by atoms with Crippen LogP contribution in [0.2, 0.25) is 5.02 Å². The maximum absolute atomic E-state index is 11.7. The maximum Gasteiger partial charge on any atom is 0.163 e. The molecule has 5 heteroatoms. The summed E-state index contributed by atoms with van der Waals surface area (Å²) in [7, 11) is 0. The lowest BCUT2D eigenvalue weighted by Gasteiger charge is -2.30. The van der Waals surface area contributed by atoms with Crippen molar-refractivity contribution < 1.29 is 9.53 Å². The molecule has 1 saturated heterocycles. The Morgan fingerprint density at radius 1 is 1.63 bits per heavy atom. The first-order chi connectivity index (χ1) is 9.10. The number of ketones is 1. The van der Waals surface area contributed by atoms with Gasteiger partial charge in [0.15, 0.2) is 5.78 Å². The van der Waals surface area contributed by atoms with E-state index < -0.39 is 0 Å². The first kappa shape index (κ1) is 13.9. The average molecular weight is 279 g/mol. The van der Waals surface area contributed by atoms with Gasteiger partial charge in [-0.1, -0.05) is 11.6 Å². The molecule has 0 aromatic heterocycles. The highest BCUT2D eigenvalue weighted by molar-refractivity contribution is 6.32. The van der Waals surface area contributed by atoms with Gasteiger partial charge in [-0.2, -0.15) is 5.26 Å². The zero-order valence-corrected chi connectivity index (χ0v) is 11.7. The third-order valence-electron chi connectivity index (χ3n) is 3.24. The van der Waals surface area contributed by atoms with E-state index in [1.54, 1.807) is 0 Å². The van der Waals surface area contributed by atoms with E-state index in [9.17, 15) is 10.1 Å². The Morgan fingerprint density at radius 2 is 2.32 bits per heavy atom. The third-order valence-corrected chi connectivity index (χ3v) is 3.54. The van der Waals surface area contributed by atoms with Crippen LogP contribution in [0.3, 0.4) is 0 Å². The van der Waals surface area contributed by atoms with Crippen LogP contribution in [0.25, 0.3) is 0 Å². The molecule has 0 saturated carbocycles. The summed E-state index contributed by atoms with van der Waals surface area (Å²) in [6.07, 6.45) is 0. The molecule has 1 aliphatic rings. The minimum absolute atomic E-state index is 0.108. The number of rotatable bonds is 4. The molecule has 100 valence electrons. The van der Waals surface area contributed by atoms with E-state index in [4.69, 9.17) is 16.3 Å². The van der Waals surface area contributed by atoms with Gasteiger partial charge in [0, 0.05) is 24.6 Å². The fourth-order valence-electron chi connectivity index (χ4n) is 2.21. The van der Waals surface area contributed by atoms with Crippen molar-refractivity contribution in [2.24, 2.45) is 0 Å². The molecule has 1 heterocycles. The van der Waals surface area contributed by atoms with Crippen molar-refractivity contribution in [1.82, 2.24) is 5.32 Å². The second-order valence-corrected chi connectivity index (χ2v) is 4.89. The van der Waals surface area contributed by atoms with Gasteiger partial charge in [0.05, 0.1) is 22.8 Å². The zero-order valence-electron chi connectivity index (χ0n) is 10.9. The van der Waals surface area contributed by atoms with Crippen molar-refractivity contribution in [1.29, 1.82) is 5.26 Å². The van der Waals surface area contributed by atoms with E-state index in [2.05, 4.69) is 11.4 Å². The van der Waals surface area contributed by atoms with Crippen molar-refractivity contribution in [3.63, 3.8) is 0 Å². The van der Waals surface area contributed by atoms with Gasteiger partial charge in [-0.15, -0.1) is 0 Å². The Balaban J connectivity index is 2.69. The van der Waals surface area contributed by atoms with E-state index in [1.165, 1.54) is 13.0 Å². The fourth-order valence-corrected chi connectivity index (χ4v) is 2.46. The second-order valence-electron chi connectivity index (χ2n) is 4.48. The van der Waals surface area contributed by atoms with Crippen LogP contribution in [0, 0.1) is 11.3 Å². The summed E-state index contributed by atoms with van der Waals surface area (Å²) in [4.78, 5) is 11.7. The van der Waals surface area contributed by atoms with Crippen molar-refractivity contribution in [3.05, 3.63) is 27.8 Å². The predicted octanol–water partition coefficient (Wildman–Crippen LogP) is 2.50. The van der Waals surface area contributed by atoms with Gasteiger partial charge in [0.2, 0.25) is 0 Å². The molecule has 1 aromatic carbocycles. The molecule has 0 aliphatic carbocycles. The Bertz CT molecular complexity index is 560. The molecule has 1 fully saturated rings. The van der Waals surface area contributed by atoms with Crippen LogP contribution in [0.5, 0.6) is 5.75 Å². The molecule has 0 spiro atoms. The number of nitrogens with zero attached hydrogens (tertiary/aromatic N) is 1. The minimum Gasteiger partial charge on any atom is -0.493 e. The normalized spacial score (nSPS) is 14.6. The SMILES string of the molecule is CCOc1c(C(C)=O)cc(Cl)c(C#N)c1C1CNC1. The monoisotopic (exact) mass is 278 g/mol. The molecule has 2 rings (SSSR count). The van der Waals surface area contributed by atoms with E-state index >= 15 is 0 Å². The lowest BCUT2D eigenvalue weighted by molar-refractivity contribution is 0.101. The highest BCUT2D eigenvalue weighted by Gasteiger charge is 2.30. The van der Waals surface area contributed by atoms with Gasteiger partial charge >= 0.3 is 0 Å². The number of benzene rings is 1. The van der Waals surface area contributed by atoms with Crippen LogP contribution in [-0.4, -0.2) is 25.5 Å². The number of ether oxygens (including phenoxy) is 1. The smallest absolute Gasteiger partial charge is 0.163 e. The highest BCUT2D eigenvalue weighted by Crippen LogP contribution is 2.39. The number of hydrogen-bond donors (Lipinski definition) is 1. The topological polar surface area (TPSA) is 62.1 Å². The zero-order chi connectivity index (χ0) is 14.0. The van der Waals surface area contributed by atoms with Crippen LogP contribution in [0.4, 0.5) is 0 Å². The number of nitrogens with one attached hydrogen (secondary N) is 1. The summed E-state index contributed by atoms with van der Waals surface area (Å²) in [5, 5.41) is 12.8. The third kappa shape index (κ3) is 2.44. The summed E-state index contributed by atoms with van der Waals surface area (Å²) >= 11 is 6.13. The quantitative estimate of drug-likeness (QED) is 0.860. The molecule has 0 bridgehead atoms. The molecule has 1 N–H and O–H groups in total. The Labute approximate surface area is 117 Å². The van der Waals surface area contributed by atoms with Crippen LogP contribution >= 0.6 is 11.6 Å². The summed E-state index contributed by atoms with van der Waals surface area (Å²) in [5.74, 6) is 0.582. The van der Waals surface area contributed by atoms with Crippen LogP contribution < -0.4 is 10.1 Å². The van der Waals surface area contributed by atoms with Crippen LogP contribution in [0.15, 0.2) is 6.07 Å². The predicted molar refractivity (Wildman–Crippen MR) is 73.0 cm³/mol. The van der Waals surface area contributed by atoms with Crippen LogP contribution in [0.1, 0.15) is 41.3 Å². The molecule has 19 heavy (non-hydrogen) atoms. The van der Waals surface area contributed by atoms with E-state index in [-0.39, 0.29) is 11.7 Å². The first-order valence-electron chi connectivity index (χ1n) is 6.21. The molecule has 0 amide bonds. The molecular formula is C14H15ClN2O2. The summed E-state index contributed by atoms with van der Waals surface area (Å²) in [6, 6.07) is 3.66. The van der Waals surface area contributed by atoms with Gasteiger partial charge in [-0.05, 0) is 19.9 Å². The first-order valence-corrected chi connectivity index (χ1v) is 6.58. The molecule has 4 nitrogen and oxygen atoms in total. The number of carbonyl (C=O) groups excluding carboxylic acids is 1. The van der Waals surface area contributed by atoms with Gasteiger partial charge in [-0.3, -0.25) is 4.79 Å². The van der Waals surface area contributed by atoms with Gasteiger partial charge in [0.25, 0.3) is 0 Å². The standard InChI is InChI=1S/C14H15ClN2O2/c1-3-19-14-10(8(2)18)4-12(15)11(5-16)13(14)9-6-17-7-9/h4,9,17H,3,6-7H2,1-2H3. The number of halogens is 1. The van der Waals surface area contributed by atoms with Gasteiger partial charge < -0.3 is 10.1 Å². The number of carbonyl (C=O) groups is 1. The summed E-state index contributed by atoms with van der Waals surface area (Å²) in [5.41, 5.74) is 1.63. The van der Waals surface area contributed by atoms with Crippen molar-refractivity contribution in [3.8, 4) is 11.8 Å². The molecule has 1 aliphatic heterocycles. The van der Waals surface area contributed by atoms with Gasteiger partial charge in [-0.25, -0.2) is 0 Å². The van der Waals surface area contributed by atoms with E-state index in [0.717, 1.165) is 18.7 Å².